The van der Waals surface area contributed by atoms with Crippen LogP contribution in [-0.4, -0.2) is 35.6 Å². The van der Waals surface area contributed by atoms with E-state index in [9.17, 15) is 0 Å². The maximum absolute atomic E-state index is 4.54. The van der Waals surface area contributed by atoms with Crippen LogP contribution in [0.1, 0.15) is 37.9 Å². The number of hydrogen-bond donors (Lipinski definition) is 1. The van der Waals surface area contributed by atoms with Gasteiger partial charge in [-0.05, 0) is 43.9 Å². The third kappa shape index (κ3) is 4.59. The Hall–Kier alpha value is -0.930. The van der Waals surface area contributed by atoms with Crippen LogP contribution in [0.25, 0.3) is 0 Å². The van der Waals surface area contributed by atoms with Gasteiger partial charge >= 0.3 is 0 Å². The highest BCUT2D eigenvalue weighted by Crippen LogP contribution is 2.13. The second kappa shape index (κ2) is 7.01. The van der Waals surface area contributed by atoms with Gasteiger partial charge in [0.1, 0.15) is 0 Å². The zero-order valence-electron chi connectivity index (χ0n) is 12.5. The molecule has 1 fully saturated rings. The quantitative estimate of drug-likeness (QED) is 0.853. The van der Waals surface area contributed by atoms with Crippen molar-refractivity contribution in [2.24, 2.45) is 5.92 Å². The summed E-state index contributed by atoms with van der Waals surface area (Å²) in [5, 5.41) is 3.60. The van der Waals surface area contributed by atoms with E-state index in [-0.39, 0.29) is 0 Å². The number of nitrogens with zero attached hydrogens (tertiary/aromatic N) is 2. The molecule has 1 aliphatic rings. The molecule has 0 aliphatic carbocycles. The summed E-state index contributed by atoms with van der Waals surface area (Å²) in [6.07, 6.45) is 4.54. The zero-order valence-corrected chi connectivity index (χ0v) is 12.5. The average molecular weight is 261 g/mol. The molecule has 0 saturated carbocycles. The van der Waals surface area contributed by atoms with E-state index < -0.39 is 0 Å². The second-order valence-corrected chi connectivity index (χ2v) is 6.15. The summed E-state index contributed by atoms with van der Waals surface area (Å²) in [7, 11) is 0. The lowest BCUT2D eigenvalue weighted by atomic mass is 10.1. The van der Waals surface area contributed by atoms with Gasteiger partial charge in [0, 0.05) is 31.9 Å². The number of aryl methyl sites for hydroxylation is 1. The minimum absolute atomic E-state index is 0.669. The minimum atomic E-state index is 0.669. The molecule has 0 aromatic carbocycles. The van der Waals surface area contributed by atoms with Crippen LogP contribution in [0.5, 0.6) is 0 Å². The zero-order chi connectivity index (χ0) is 13.7. The van der Waals surface area contributed by atoms with Crippen LogP contribution < -0.4 is 5.32 Å². The highest BCUT2D eigenvalue weighted by molar-refractivity contribution is 5.17. The molecular weight excluding hydrogens is 234 g/mol. The van der Waals surface area contributed by atoms with E-state index in [0.29, 0.717) is 12.0 Å². The molecule has 1 saturated heterocycles. The van der Waals surface area contributed by atoms with Crippen molar-refractivity contribution in [1.82, 2.24) is 15.2 Å². The molecule has 0 bridgehead atoms. The Morgan fingerprint density at radius 1 is 1.47 bits per heavy atom. The molecule has 1 aromatic rings. The predicted octanol–water partition coefficient (Wildman–Crippen LogP) is 2.60. The molecule has 1 aliphatic heterocycles. The maximum atomic E-state index is 4.54. The monoisotopic (exact) mass is 261 g/mol. The molecule has 0 radical (unpaired) electrons. The summed E-state index contributed by atoms with van der Waals surface area (Å²) in [5.41, 5.74) is 2.52. The minimum Gasteiger partial charge on any atom is -0.313 e. The van der Waals surface area contributed by atoms with E-state index in [1.165, 1.54) is 30.6 Å². The molecule has 3 heteroatoms. The fourth-order valence-corrected chi connectivity index (χ4v) is 2.84. The van der Waals surface area contributed by atoms with Crippen LogP contribution >= 0.6 is 0 Å². The van der Waals surface area contributed by atoms with Crippen LogP contribution in [-0.2, 0) is 6.54 Å². The van der Waals surface area contributed by atoms with Gasteiger partial charge in [0.15, 0.2) is 0 Å². The molecule has 106 valence electrons. The third-order valence-corrected chi connectivity index (χ3v) is 3.76. The molecule has 1 unspecified atom stereocenters. The van der Waals surface area contributed by atoms with E-state index >= 15 is 0 Å². The van der Waals surface area contributed by atoms with Gasteiger partial charge in [-0.25, -0.2) is 0 Å². The van der Waals surface area contributed by atoms with Gasteiger partial charge in [0.25, 0.3) is 0 Å². The third-order valence-electron chi connectivity index (χ3n) is 3.76. The largest absolute Gasteiger partial charge is 0.313 e. The molecule has 19 heavy (non-hydrogen) atoms. The van der Waals surface area contributed by atoms with E-state index in [4.69, 9.17) is 0 Å². The Morgan fingerprint density at radius 2 is 2.32 bits per heavy atom. The van der Waals surface area contributed by atoms with Crippen molar-refractivity contribution in [3.05, 3.63) is 29.6 Å². The first-order chi connectivity index (χ1) is 9.15. The van der Waals surface area contributed by atoms with E-state index in [0.717, 1.165) is 19.6 Å². The van der Waals surface area contributed by atoms with Crippen LogP contribution in [0.3, 0.4) is 0 Å². The van der Waals surface area contributed by atoms with Crippen molar-refractivity contribution in [1.29, 1.82) is 0 Å². The number of pyridine rings is 1. The Morgan fingerprint density at radius 3 is 2.95 bits per heavy atom. The molecular formula is C16H27N3. The van der Waals surface area contributed by atoms with Crippen molar-refractivity contribution in [2.75, 3.05) is 19.6 Å². The number of nitrogens with one attached hydrogen (secondary N) is 1. The van der Waals surface area contributed by atoms with Crippen molar-refractivity contribution in [3.63, 3.8) is 0 Å². The van der Waals surface area contributed by atoms with Crippen LogP contribution in [0.4, 0.5) is 0 Å². The highest BCUT2D eigenvalue weighted by Gasteiger charge is 2.19. The average Bonchev–Trinajstić information content (AvgIpc) is 2.84. The molecule has 3 nitrogen and oxygen atoms in total. The van der Waals surface area contributed by atoms with Gasteiger partial charge in [-0.3, -0.25) is 9.88 Å². The van der Waals surface area contributed by atoms with E-state index in [2.05, 4.69) is 42.0 Å². The van der Waals surface area contributed by atoms with Gasteiger partial charge < -0.3 is 5.32 Å². The van der Waals surface area contributed by atoms with Crippen LogP contribution in [0.15, 0.2) is 18.3 Å². The Labute approximate surface area is 117 Å². The normalized spacial score (nSPS) is 19.5. The Kier molecular flexibility index (Phi) is 5.34. The first-order valence-corrected chi connectivity index (χ1v) is 7.51. The predicted molar refractivity (Wildman–Crippen MR) is 80.1 cm³/mol. The lowest BCUT2D eigenvalue weighted by molar-refractivity contribution is 0.213. The van der Waals surface area contributed by atoms with Gasteiger partial charge in [0.2, 0.25) is 0 Å². The SMILES string of the molecule is Cc1cccnc1CN(CC(C)C)CC1CCCN1. The van der Waals surface area contributed by atoms with Crippen LogP contribution in [0, 0.1) is 12.8 Å². The molecule has 1 atom stereocenters. The summed E-state index contributed by atoms with van der Waals surface area (Å²) in [6, 6.07) is 4.84. The van der Waals surface area contributed by atoms with E-state index in [1.54, 1.807) is 0 Å². The molecule has 1 N–H and O–H groups in total. The second-order valence-electron chi connectivity index (χ2n) is 6.15. The summed E-state index contributed by atoms with van der Waals surface area (Å²) < 4.78 is 0. The highest BCUT2D eigenvalue weighted by atomic mass is 15.2. The summed E-state index contributed by atoms with van der Waals surface area (Å²) in [5.74, 6) is 0.699. The fraction of sp³-hybridized carbons (Fsp3) is 0.688. The van der Waals surface area contributed by atoms with Gasteiger partial charge in [-0.2, -0.15) is 0 Å². The molecule has 0 spiro atoms. The molecule has 2 heterocycles. The molecule has 0 amide bonds. The van der Waals surface area contributed by atoms with Gasteiger partial charge in [0.05, 0.1) is 5.69 Å². The first-order valence-electron chi connectivity index (χ1n) is 7.51. The Bertz CT molecular complexity index is 383. The summed E-state index contributed by atoms with van der Waals surface area (Å²) in [6.45, 7) is 11.2. The summed E-state index contributed by atoms with van der Waals surface area (Å²) >= 11 is 0. The van der Waals surface area contributed by atoms with Gasteiger partial charge in [-0.15, -0.1) is 0 Å². The first kappa shape index (κ1) is 14.5. The number of rotatable bonds is 6. The molecule has 1 aromatic heterocycles. The van der Waals surface area contributed by atoms with Crippen LogP contribution in [0.2, 0.25) is 0 Å². The van der Waals surface area contributed by atoms with E-state index in [1.807, 2.05) is 12.3 Å². The van der Waals surface area contributed by atoms with Gasteiger partial charge in [-0.1, -0.05) is 19.9 Å². The van der Waals surface area contributed by atoms with Crippen molar-refractivity contribution < 1.29 is 0 Å². The Balaban J connectivity index is 1.98. The summed E-state index contributed by atoms with van der Waals surface area (Å²) in [4.78, 5) is 7.10. The fourth-order valence-electron chi connectivity index (χ4n) is 2.84. The van der Waals surface area contributed by atoms with Crippen molar-refractivity contribution >= 4 is 0 Å². The smallest absolute Gasteiger partial charge is 0.0573 e. The lowest BCUT2D eigenvalue weighted by Gasteiger charge is -2.27. The molecule has 2 rings (SSSR count). The van der Waals surface area contributed by atoms with Crippen molar-refractivity contribution in [2.45, 2.75) is 46.2 Å². The standard InChI is InChI=1S/C16H27N3/c1-13(2)10-19(11-15-7-5-8-17-15)12-16-14(3)6-4-9-18-16/h4,6,9,13,15,17H,5,7-8,10-12H2,1-3H3. The number of hydrogen-bond acceptors (Lipinski definition) is 3. The lowest BCUT2D eigenvalue weighted by Crippen LogP contribution is -2.39. The number of aromatic nitrogens is 1. The van der Waals surface area contributed by atoms with Crippen molar-refractivity contribution in [3.8, 4) is 0 Å². The maximum Gasteiger partial charge on any atom is 0.0573 e. The topological polar surface area (TPSA) is 28.2 Å².